The molecule has 14 nitrogen and oxygen atoms in total. The maximum Gasteiger partial charge on any atom is 0.328 e. The Hall–Kier alpha value is -4.43. The number of carbonyl (C=O) groups excluding carboxylic acids is 5. The summed E-state index contributed by atoms with van der Waals surface area (Å²) < 4.78 is 9.91. The molecular weight excluding hydrogens is 640 g/mol. The summed E-state index contributed by atoms with van der Waals surface area (Å²) in [6, 6.07) is 2.27. The molecule has 4 N–H and O–H groups in total. The summed E-state index contributed by atoms with van der Waals surface area (Å²) in [6.45, 7) is 3.13. The molecule has 0 radical (unpaired) electrons. The van der Waals surface area contributed by atoms with Gasteiger partial charge in [0.15, 0.2) is 18.1 Å². The van der Waals surface area contributed by atoms with E-state index in [4.69, 9.17) is 9.47 Å². The van der Waals surface area contributed by atoms with E-state index in [9.17, 15) is 49.4 Å². The molecular formula is C35H42N2O12. The van der Waals surface area contributed by atoms with Crippen LogP contribution in [-0.2, 0) is 39.9 Å². The molecule has 8 atom stereocenters. The Bertz CT molecular complexity index is 1640. The van der Waals surface area contributed by atoms with Crippen LogP contribution in [0.3, 0.4) is 0 Å². The predicted octanol–water partition coefficient (Wildman–Crippen LogP) is 2.40. The number of rotatable bonds is 11. The number of hydrogen-bond acceptors (Lipinski definition) is 12. The molecule has 14 heteroatoms. The van der Waals surface area contributed by atoms with E-state index in [-0.39, 0.29) is 48.4 Å². The Balaban J connectivity index is 1.16. The number of aliphatic hydroxyl groups excluding tert-OH is 1. The molecule has 4 aliphatic rings. The molecule has 1 aromatic carbocycles. The van der Waals surface area contributed by atoms with Crippen LogP contribution in [0.5, 0.6) is 5.75 Å². The molecule has 0 bridgehead atoms. The molecule has 1 aromatic rings. The first kappa shape index (κ1) is 35.9. The van der Waals surface area contributed by atoms with E-state index < -0.39 is 88.0 Å². The van der Waals surface area contributed by atoms with Gasteiger partial charge in [-0.05, 0) is 67.7 Å². The van der Waals surface area contributed by atoms with E-state index in [1.165, 1.54) is 6.07 Å². The summed E-state index contributed by atoms with van der Waals surface area (Å²) >= 11 is 0. The number of ketones is 2. The lowest BCUT2D eigenvalue weighted by atomic mass is 9.46. The highest BCUT2D eigenvalue weighted by molar-refractivity contribution is 6.01. The highest BCUT2D eigenvalue weighted by atomic mass is 16.6. The monoisotopic (exact) mass is 682 g/mol. The van der Waals surface area contributed by atoms with Gasteiger partial charge in [-0.3, -0.25) is 29.3 Å². The van der Waals surface area contributed by atoms with Crippen LogP contribution in [0.25, 0.3) is 0 Å². The van der Waals surface area contributed by atoms with Crippen molar-refractivity contribution in [1.82, 2.24) is 5.32 Å². The van der Waals surface area contributed by atoms with Gasteiger partial charge in [-0.25, -0.2) is 4.79 Å². The summed E-state index contributed by atoms with van der Waals surface area (Å²) in [5.41, 5.74) is -2.61. The first-order chi connectivity index (χ1) is 23.0. The fraction of sp³-hybridized carbons (Fsp3) is 0.571. The molecule has 5 rings (SSSR count). The highest BCUT2D eigenvalue weighted by Crippen LogP contribution is 2.67. The van der Waals surface area contributed by atoms with Gasteiger partial charge < -0.3 is 30.1 Å². The molecule has 0 saturated heterocycles. The maximum absolute atomic E-state index is 13.5. The van der Waals surface area contributed by atoms with Crippen molar-refractivity contribution in [3.8, 4) is 5.75 Å². The van der Waals surface area contributed by atoms with E-state index in [2.05, 4.69) is 5.32 Å². The van der Waals surface area contributed by atoms with Crippen molar-refractivity contribution in [2.75, 3.05) is 13.7 Å². The summed E-state index contributed by atoms with van der Waals surface area (Å²) in [5.74, 6) is -3.98. The zero-order valence-corrected chi connectivity index (χ0v) is 27.7. The number of Topliss-reactive ketones (excluding diaryl/α,β-unsaturated/α-hetero) is 1. The predicted molar refractivity (Wildman–Crippen MR) is 171 cm³/mol. The minimum Gasteiger partial charge on any atom is -0.502 e. The largest absolute Gasteiger partial charge is 0.502 e. The number of carbonyl (C=O) groups is 5. The number of nitrogens with zero attached hydrogens (tertiary/aromatic N) is 1. The third-order valence-electron chi connectivity index (χ3n) is 11.5. The first-order valence-electron chi connectivity index (χ1n) is 16.4. The van der Waals surface area contributed by atoms with Crippen molar-refractivity contribution in [2.24, 2.45) is 28.6 Å². The SMILES string of the molecule is COC(=O)[C@@H](Cc1ccc(O)c([N+](=O)[O-])c1)NC(=O)CCC(=O)OCC(=O)[C@@]1(O)CC[C@H]2[C@@H]3CCC4=CC(=O)C=C[C@]4(C)[C@H]3[C@@H](O)C[C@@]21C. The molecule has 1 amide bonds. The van der Waals surface area contributed by atoms with E-state index in [1.807, 2.05) is 19.9 Å². The van der Waals surface area contributed by atoms with Gasteiger partial charge in [-0.15, -0.1) is 0 Å². The van der Waals surface area contributed by atoms with Crippen molar-refractivity contribution in [3.63, 3.8) is 0 Å². The van der Waals surface area contributed by atoms with Crippen molar-refractivity contribution in [1.29, 1.82) is 0 Å². The summed E-state index contributed by atoms with van der Waals surface area (Å²) in [5, 5.41) is 46.6. The Morgan fingerprint density at radius 1 is 1.16 bits per heavy atom. The van der Waals surface area contributed by atoms with Gasteiger partial charge in [-0.1, -0.05) is 31.6 Å². The fourth-order valence-electron chi connectivity index (χ4n) is 9.02. The second-order valence-corrected chi connectivity index (χ2v) is 14.1. The maximum atomic E-state index is 13.5. The second kappa shape index (κ2) is 13.5. The van der Waals surface area contributed by atoms with Crippen LogP contribution in [0.15, 0.2) is 42.0 Å². The molecule has 0 aliphatic heterocycles. The highest BCUT2D eigenvalue weighted by Gasteiger charge is 2.68. The number of hydrogen-bond donors (Lipinski definition) is 4. The first-order valence-corrected chi connectivity index (χ1v) is 16.4. The van der Waals surface area contributed by atoms with Crippen LogP contribution in [-0.4, -0.2) is 81.1 Å². The summed E-state index contributed by atoms with van der Waals surface area (Å²) in [6.07, 6.45) is 5.48. The number of phenolic OH excluding ortho intramolecular Hbond substituents is 1. The smallest absolute Gasteiger partial charge is 0.328 e. The van der Waals surface area contributed by atoms with Crippen molar-refractivity contribution in [3.05, 3.63) is 57.7 Å². The Morgan fingerprint density at radius 3 is 2.59 bits per heavy atom. The zero-order chi connectivity index (χ0) is 35.9. The summed E-state index contributed by atoms with van der Waals surface area (Å²) in [4.78, 5) is 73.5. The number of methoxy groups -OCH3 is 1. The third-order valence-corrected chi connectivity index (χ3v) is 11.5. The average Bonchev–Trinajstić information content (AvgIpc) is 3.33. The number of aromatic hydroxyl groups is 1. The number of phenols is 1. The topological polar surface area (TPSA) is 220 Å². The number of benzene rings is 1. The second-order valence-electron chi connectivity index (χ2n) is 14.1. The standard InChI is InChI=1S/C35H42N2O12/c1-33-12-10-21(38)16-20(33)5-6-22-23-11-13-35(45,34(23,2)17-27(40)31(22)33)28(41)18-49-30(43)9-8-29(42)36-24(32(44)48-3)14-19-4-7-26(39)25(15-19)37(46)47/h4,7,10,12,15-16,22-24,27,31,39-40,45H,5-6,8-9,11,13-14,17-18H2,1-3H3,(H,36,42)/t22-,23-,24+,27-,31+,33-,34-,35-/m0/s1. The van der Waals surface area contributed by atoms with Crippen LogP contribution in [0.2, 0.25) is 0 Å². The van der Waals surface area contributed by atoms with Crippen molar-refractivity contribution >= 4 is 35.1 Å². The number of nitro benzene ring substituents is 1. The molecule has 3 fully saturated rings. The number of nitrogens with one attached hydrogen (secondary N) is 1. The van der Waals surface area contributed by atoms with E-state index >= 15 is 0 Å². The summed E-state index contributed by atoms with van der Waals surface area (Å²) in [7, 11) is 1.10. The Kier molecular flexibility index (Phi) is 9.86. The van der Waals surface area contributed by atoms with Crippen molar-refractivity contribution in [2.45, 2.75) is 83.0 Å². The van der Waals surface area contributed by atoms with Crippen LogP contribution in [0, 0.1) is 38.7 Å². The van der Waals surface area contributed by atoms with Gasteiger partial charge in [0.1, 0.15) is 11.6 Å². The fourth-order valence-corrected chi connectivity index (χ4v) is 9.02. The van der Waals surface area contributed by atoms with Gasteiger partial charge in [-0.2, -0.15) is 0 Å². The lowest BCUT2D eigenvalue weighted by Gasteiger charge is -2.59. The van der Waals surface area contributed by atoms with Crippen LogP contribution in [0.4, 0.5) is 5.69 Å². The lowest BCUT2D eigenvalue weighted by Crippen LogP contribution is -2.61. The van der Waals surface area contributed by atoms with E-state index in [0.717, 1.165) is 31.2 Å². The van der Waals surface area contributed by atoms with Crippen molar-refractivity contribution < 1.29 is 53.7 Å². The van der Waals surface area contributed by atoms with Crippen LogP contribution >= 0.6 is 0 Å². The number of allylic oxidation sites excluding steroid dienone is 4. The van der Waals surface area contributed by atoms with Gasteiger partial charge >= 0.3 is 17.6 Å². The molecule has 3 saturated carbocycles. The number of fused-ring (bicyclic) bond motifs is 5. The Morgan fingerprint density at radius 2 is 1.90 bits per heavy atom. The van der Waals surface area contributed by atoms with Gasteiger partial charge in [0, 0.05) is 35.7 Å². The molecule has 0 aromatic heterocycles. The molecule has 0 unspecified atom stereocenters. The van der Waals surface area contributed by atoms with Crippen LogP contribution < -0.4 is 5.32 Å². The number of aliphatic hydroxyl groups is 2. The van der Waals surface area contributed by atoms with Gasteiger partial charge in [0.2, 0.25) is 11.7 Å². The van der Waals surface area contributed by atoms with E-state index in [0.29, 0.717) is 12.8 Å². The van der Waals surface area contributed by atoms with Gasteiger partial charge in [0.05, 0.1) is 24.6 Å². The molecule has 4 aliphatic carbocycles. The number of amides is 1. The molecule has 49 heavy (non-hydrogen) atoms. The van der Waals surface area contributed by atoms with Crippen LogP contribution in [0.1, 0.15) is 64.4 Å². The molecule has 0 heterocycles. The Labute approximate surface area is 282 Å². The van der Waals surface area contributed by atoms with Gasteiger partial charge in [0.25, 0.3) is 0 Å². The normalized spacial score (nSPS) is 32.1. The quantitative estimate of drug-likeness (QED) is 0.150. The average molecular weight is 683 g/mol. The minimum atomic E-state index is -1.84. The molecule has 0 spiro atoms. The third kappa shape index (κ3) is 6.51. The number of ether oxygens (including phenoxy) is 2. The van der Waals surface area contributed by atoms with E-state index in [1.54, 1.807) is 12.2 Å². The lowest BCUT2D eigenvalue weighted by molar-refractivity contribution is -0.385. The molecule has 264 valence electrons. The zero-order valence-electron chi connectivity index (χ0n) is 27.7. The number of nitro groups is 1. The minimum absolute atomic E-state index is 0.00890. The number of esters is 2.